The van der Waals surface area contributed by atoms with E-state index in [0.29, 0.717) is 53.9 Å². The molecule has 2 heterocycles. The third-order valence-electron chi connectivity index (χ3n) is 5.34. The third kappa shape index (κ3) is 4.95. The van der Waals surface area contributed by atoms with Crippen LogP contribution in [0.25, 0.3) is 10.2 Å². The highest BCUT2D eigenvalue weighted by molar-refractivity contribution is 7.22. The fourth-order valence-electron chi connectivity index (χ4n) is 3.63. The number of ether oxygens (including phenoxy) is 1. The van der Waals surface area contributed by atoms with Crippen LogP contribution in [0, 0.1) is 11.6 Å². The van der Waals surface area contributed by atoms with Crippen LogP contribution in [0.3, 0.4) is 0 Å². The lowest BCUT2D eigenvalue weighted by atomic mass is 10.1. The highest BCUT2D eigenvalue weighted by Crippen LogP contribution is 2.31. The molecule has 1 aliphatic heterocycles. The summed E-state index contributed by atoms with van der Waals surface area (Å²) in [7, 11) is 0. The van der Waals surface area contributed by atoms with E-state index in [1.807, 2.05) is 17.0 Å². The van der Waals surface area contributed by atoms with Crippen LogP contribution in [0.5, 0.6) is 5.75 Å². The van der Waals surface area contributed by atoms with Crippen molar-refractivity contribution in [2.24, 2.45) is 0 Å². The average molecular weight is 446 g/mol. The molecule has 31 heavy (non-hydrogen) atoms. The minimum Gasteiger partial charge on any atom is -0.494 e. The van der Waals surface area contributed by atoms with Gasteiger partial charge >= 0.3 is 0 Å². The summed E-state index contributed by atoms with van der Waals surface area (Å²) in [6, 6.07) is 9.47. The molecule has 1 fully saturated rings. The van der Waals surface area contributed by atoms with Gasteiger partial charge in [0, 0.05) is 37.8 Å². The van der Waals surface area contributed by atoms with E-state index in [1.54, 1.807) is 17.0 Å². The molecule has 5 nitrogen and oxygen atoms in total. The van der Waals surface area contributed by atoms with Crippen LogP contribution in [0.1, 0.15) is 36.5 Å². The van der Waals surface area contributed by atoms with Crippen LogP contribution in [0.2, 0.25) is 0 Å². The molecule has 0 radical (unpaired) electrons. The minimum absolute atomic E-state index is 0.0314. The molecule has 8 heteroatoms. The van der Waals surface area contributed by atoms with E-state index in [-0.39, 0.29) is 11.4 Å². The first kappa shape index (κ1) is 21.5. The number of piperazine rings is 1. The number of nitrogens with zero attached hydrogens (tertiary/aromatic N) is 3. The first-order valence-corrected chi connectivity index (χ1v) is 11.4. The predicted octanol–water partition coefficient (Wildman–Crippen LogP) is 5.11. The van der Waals surface area contributed by atoms with Gasteiger partial charge in [0.1, 0.15) is 17.1 Å². The first-order valence-electron chi connectivity index (χ1n) is 10.6. The summed E-state index contributed by atoms with van der Waals surface area (Å²) >= 11 is 1.27. The summed E-state index contributed by atoms with van der Waals surface area (Å²) < 4.78 is 33.7. The van der Waals surface area contributed by atoms with Crippen molar-refractivity contribution >= 4 is 32.6 Å². The quantitative estimate of drug-likeness (QED) is 0.475. The fraction of sp³-hybridized carbons (Fsp3) is 0.391. The smallest absolute Gasteiger partial charge is 0.254 e. The standard InChI is InChI=1S/C23H25F2N3O2S/c1-2-3-4-12-30-18-7-5-6-16(13-18)22(29)27-8-10-28(11-9-27)23-26-21-19(25)14-17(24)15-20(21)31-23/h5-7,13-15H,2-4,8-12H2,1H3. The number of thiazole rings is 1. The molecule has 3 aromatic rings. The molecule has 4 rings (SSSR count). The number of unbranched alkanes of at least 4 members (excludes halogenated alkanes) is 2. The van der Waals surface area contributed by atoms with Gasteiger partial charge in [-0.1, -0.05) is 37.2 Å². The van der Waals surface area contributed by atoms with Crippen molar-refractivity contribution in [2.45, 2.75) is 26.2 Å². The molecule has 0 atom stereocenters. The minimum atomic E-state index is -0.650. The second-order valence-corrected chi connectivity index (χ2v) is 8.60. The van der Waals surface area contributed by atoms with E-state index in [9.17, 15) is 13.6 Å². The number of carbonyl (C=O) groups is 1. The highest BCUT2D eigenvalue weighted by Gasteiger charge is 2.24. The number of rotatable bonds is 7. The Morgan fingerprint density at radius 1 is 1.13 bits per heavy atom. The monoisotopic (exact) mass is 445 g/mol. The molecule has 0 unspecified atom stereocenters. The number of fused-ring (bicyclic) bond motifs is 1. The van der Waals surface area contributed by atoms with Gasteiger partial charge in [-0.15, -0.1) is 0 Å². The lowest BCUT2D eigenvalue weighted by molar-refractivity contribution is 0.0746. The highest BCUT2D eigenvalue weighted by atomic mass is 32.1. The number of amides is 1. The Morgan fingerprint density at radius 3 is 2.71 bits per heavy atom. The van der Waals surface area contributed by atoms with Gasteiger partial charge in [-0.3, -0.25) is 4.79 Å². The maximum atomic E-state index is 14.0. The maximum absolute atomic E-state index is 14.0. The molecule has 1 aromatic heterocycles. The van der Waals surface area contributed by atoms with E-state index in [1.165, 1.54) is 17.4 Å². The van der Waals surface area contributed by atoms with Crippen molar-refractivity contribution < 1.29 is 18.3 Å². The molecule has 0 aliphatic carbocycles. The Hall–Kier alpha value is -2.74. The molecule has 0 bridgehead atoms. The number of benzene rings is 2. The number of anilines is 1. The van der Waals surface area contributed by atoms with Crippen molar-refractivity contribution in [3.63, 3.8) is 0 Å². The Balaban J connectivity index is 1.37. The van der Waals surface area contributed by atoms with Crippen LogP contribution in [0.4, 0.5) is 13.9 Å². The van der Waals surface area contributed by atoms with Crippen LogP contribution in [-0.2, 0) is 0 Å². The lowest BCUT2D eigenvalue weighted by Gasteiger charge is -2.34. The number of aromatic nitrogens is 1. The van der Waals surface area contributed by atoms with Crippen molar-refractivity contribution in [1.29, 1.82) is 0 Å². The second kappa shape index (κ2) is 9.60. The zero-order valence-corrected chi connectivity index (χ0v) is 18.3. The molecule has 1 amide bonds. The largest absolute Gasteiger partial charge is 0.494 e. The van der Waals surface area contributed by atoms with Crippen LogP contribution < -0.4 is 9.64 Å². The Labute approximate surface area is 184 Å². The molecule has 1 saturated heterocycles. The Morgan fingerprint density at radius 2 is 1.94 bits per heavy atom. The number of hydrogen-bond donors (Lipinski definition) is 0. The molecular weight excluding hydrogens is 420 g/mol. The summed E-state index contributed by atoms with van der Waals surface area (Å²) in [4.78, 5) is 21.1. The summed E-state index contributed by atoms with van der Waals surface area (Å²) in [6.45, 7) is 5.04. The average Bonchev–Trinajstić information content (AvgIpc) is 3.21. The zero-order chi connectivity index (χ0) is 21.8. The summed E-state index contributed by atoms with van der Waals surface area (Å²) in [6.07, 6.45) is 3.26. The van der Waals surface area contributed by atoms with E-state index in [4.69, 9.17) is 4.74 Å². The van der Waals surface area contributed by atoms with Crippen molar-refractivity contribution in [1.82, 2.24) is 9.88 Å². The molecular formula is C23H25F2N3O2S. The molecule has 0 saturated carbocycles. The van der Waals surface area contributed by atoms with Gasteiger partial charge < -0.3 is 14.5 Å². The Bertz CT molecular complexity index is 1060. The van der Waals surface area contributed by atoms with Gasteiger partial charge in [0.2, 0.25) is 0 Å². The molecule has 1 aliphatic rings. The summed E-state index contributed by atoms with van der Waals surface area (Å²) in [5.74, 6) is -0.573. The van der Waals surface area contributed by atoms with Gasteiger partial charge in [0.15, 0.2) is 10.9 Å². The van der Waals surface area contributed by atoms with E-state index >= 15 is 0 Å². The molecule has 164 valence electrons. The molecule has 0 N–H and O–H groups in total. The number of carbonyl (C=O) groups excluding carboxylic acids is 1. The lowest BCUT2D eigenvalue weighted by Crippen LogP contribution is -2.48. The number of halogens is 2. The summed E-state index contributed by atoms with van der Waals surface area (Å²) in [5.41, 5.74) is 0.801. The molecule has 0 spiro atoms. The summed E-state index contributed by atoms with van der Waals surface area (Å²) in [5, 5.41) is 0.647. The topological polar surface area (TPSA) is 45.7 Å². The van der Waals surface area contributed by atoms with Crippen molar-refractivity contribution in [2.75, 3.05) is 37.7 Å². The van der Waals surface area contributed by atoms with Crippen LogP contribution >= 0.6 is 11.3 Å². The maximum Gasteiger partial charge on any atom is 0.254 e. The van der Waals surface area contributed by atoms with Gasteiger partial charge in [-0.25, -0.2) is 13.8 Å². The van der Waals surface area contributed by atoms with E-state index < -0.39 is 11.6 Å². The fourth-order valence-corrected chi connectivity index (χ4v) is 4.68. The van der Waals surface area contributed by atoms with E-state index in [2.05, 4.69) is 11.9 Å². The van der Waals surface area contributed by atoms with Gasteiger partial charge in [-0.2, -0.15) is 0 Å². The normalized spacial score (nSPS) is 14.3. The Kier molecular flexibility index (Phi) is 6.65. The zero-order valence-electron chi connectivity index (χ0n) is 17.4. The third-order valence-corrected chi connectivity index (χ3v) is 6.40. The van der Waals surface area contributed by atoms with Crippen LogP contribution in [0.15, 0.2) is 36.4 Å². The number of hydrogen-bond acceptors (Lipinski definition) is 5. The van der Waals surface area contributed by atoms with E-state index in [0.717, 1.165) is 25.3 Å². The SMILES string of the molecule is CCCCCOc1cccc(C(=O)N2CCN(c3nc4c(F)cc(F)cc4s3)CC2)c1. The first-order chi connectivity index (χ1) is 15.0. The van der Waals surface area contributed by atoms with Gasteiger partial charge in [0.05, 0.1) is 11.3 Å². The molecule has 2 aromatic carbocycles. The van der Waals surface area contributed by atoms with Crippen LogP contribution in [-0.4, -0.2) is 48.6 Å². The second-order valence-electron chi connectivity index (χ2n) is 7.59. The van der Waals surface area contributed by atoms with Gasteiger partial charge in [0.25, 0.3) is 5.91 Å². The van der Waals surface area contributed by atoms with Gasteiger partial charge in [-0.05, 0) is 30.7 Å². The van der Waals surface area contributed by atoms with Crippen molar-refractivity contribution in [3.8, 4) is 5.75 Å². The predicted molar refractivity (Wildman–Crippen MR) is 119 cm³/mol. The van der Waals surface area contributed by atoms with Crippen molar-refractivity contribution in [3.05, 3.63) is 53.6 Å².